The van der Waals surface area contributed by atoms with E-state index >= 15 is 0 Å². The number of ether oxygens (including phenoxy) is 1. The van der Waals surface area contributed by atoms with Crippen LogP contribution in [0.15, 0.2) is 24.3 Å². The van der Waals surface area contributed by atoms with Crippen LogP contribution < -0.4 is 4.74 Å². The molecule has 1 aromatic rings. The first kappa shape index (κ1) is 14.9. The van der Waals surface area contributed by atoms with Crippen molar-refractivity contribution in [3.63, 3.8) is 0 Å². The number of methoxy groups -OCH3 is 1. The maximum Gasteiger partial charge on any atom is 0.222 e. The molecule has 0 spiro atoms. The van der Waals surface area contributed by atoms with Crippen molar-refractivity contribution >= 4 is 5.91 Å². The molecule has 0 atom stereocenters. The quantitative estimate of drug-likeness (QED) is 0.822. The van der Waals surface area contributed by atoms with E-state index in [1.54, 1.807) is 7.11 Å². The summed E-state index contributed by atoms with van der Waals surface area (Å²) < 4.78 is 5.13. The third-order valence-electron chi connectivity index (χ3n) is 3.96. The van der Waals surface area contributed by atoms with Crippen molar-refractivity contribution < 1.29 is 9.53 Å². The van der Waals surface area contributed by atoms with Crippen LogP contribution in [0, 0.1) is 0 Å². The van der Waals surface area contributed by atoms with E-state index in [1.165, 1.54) is 5.56 Å². The normalized spacial score (nSPS) is 16.2. The predicted molar refractivity (Wildman–Crippen MR) is 80.0 cm³/mol. The van der Waals surface area contributed by atoms with Crippen molar-refractivity contribution in [2.24, 2.45) is 0 Å². The summed E-state index contributed by atoms with van der Waals surface area (Å²) in [4.78, 5) is 16.6. The zero-order valence-corrected chi connectivity index (χ0v) is 12.5. The molecule has 0 bridgehead atoms. The standard InChI is InChI=1S/C16H24N2O2/c1-3-17-10-12-18(13-11-17)16(19)9-6-14-4-7-15(20-2)8-5-14/h4-5,7-8H,3,6,9-13H2,1-2H3. The van der Waals surface area contributed by atoms with Gasteiger partial charge in [0.25, 0.3) is 0 Å². The Morgan fingerprint density at radius 3 is 2.35 bits per heavy atom. The Morgan fingerprint density at radius 2 is 1.80 bits per heavy atom. The highest BCUT2D eigenvalue weighted by Crippen LogP contribution is 2.13. The highest BCUT2D eigenvalue weighted by atomic mass is 16.5. The minimum atomic E-state index is 0.275. The van der Waals surface area contributed by atoms with Crippen LogP contribution in [-0.4, -0.2) is 55.5 Å². The number of benzene rings is 1. The van der Waals surface area contributed by atoms with Crippen molar-refractivity contribution in [2.45, 2.75) is 19.8 Å². The lowest BCUT2D eigenvalue weighted by Gasteiger charge is -2.34. The first-order valence-electron chi connectivity index (χ1n) is 7.36. The van der Waals surface area contributed by atoms with Crippen molar-refractivity contribution in [3.8, 4) is 5.75 Å². The van der Waals surface area contributed by atoms with E-state index in [0.717, 1.165) is 44.9 Å². The second kappa shape index (κ2) is 7.29. The molecule has 1 aliphatic heterocycles. The van der Waals surface area contributed by atoms with Crippen LogP contribution in [0.3, 0.4) is 0 Å². The van der Waals surface area contributed by atoms with E-state index in [1.807, 2.05) is 29.2 Å². The molecule has 0 saturated carbocycles. The molecular formula is C16H24N2O2. The average Bonchev–Trinajstić information content (AvgIpc) is 2.53. The molecule has 1 saturated heterocycles. The fourth-order valence-corrected chi connectivity index (χ4v) is 2.52. The van der Waals surface area contributed by atoms with Crippen LogP contribution >= 0.6 is 0 Å². The number of amides is 1. The molecule has 1 fully saturated rings. The van der Waals surface area contributed by atoms with Gasteiger partial charge >= 0.3 is 0 Å². The first-order valence-corrected chi connectivity index (χ1v) is 7.36. The first-order chi connectivity index (χ1) is 9.72. The zero-order chi connectivity index (χ0) is 14.4. The molecule has 0 N–H and O–H groups in total. The van der Waals surface area contributed by atoms with Gasteiger partial charge in [-0.2, -0.15) is 0 Å². The number of likely N-dealkylation sites (N-methyl/N-ethyl adjacent to an activating group) is 1. The summed E-state index contributed by atoms with van der Waals surface area (Å²) in [6.07, 6.45) is 1.40. The largest absolute Gasteiger partial charge is 0.497 e. The highest BCUT2D eigenvalue weighted by molar-refractivity contribution is 5.76. The third-order valence-corrected chi connectivity index (χ3v) is 3.96. The number of hydrogen-bond donors (Lipinski definition) is 0. The number of piperazine rings is 1. The Morgan fingerprint density at radius 1 is 1.15 bits per heavy atom. The third kappa shape index (κ3) is 3.97. The lowest BCUT2D eigenvalue weighted by Crippen LogP contribution is -2.48. The molecule has 0 aliphatic carbocycles. The molecule has 2 rings (SSSR count). The van der Waals surface area contributed by atoms with Crippen molar-refractivity contribution in [3.05, 3.63) is 29.8 Å². The molecule has 0 radical (unpaired) electrons. The van der Waals surface area contributed by atoms with Gasteiger partial charge in [-0.1, -0.05) is 19.1 Å². The van der Waals surface area contributed by atoms with E-state index in [0.29, 0.717) is 6.42 Å². The fraction of sp³-hybridized carbons (Fsp3) is 0.562. The second-order valence-electron chi connectivity index (χ2n) is 5.16. The summed E-state index contributed by atoms with van der Waals surface area (Å²) >= 11 is 0. The maximum absolute atomic E-state index is 12.2. The lowest BCUT2D eigenvalue weighted by atomic mass is 10.1. The van der Waals surface area contributed by atoms with Crippen molar-refractivity contribution in [1.29, 1.82) is 0 Å². The molecule has 4 heteroatoms. The Kier molecular flexibility index (Phi) is 5.41. The summed E-state index contributed by atoms with van der Waals surface area (Å²) in [6, 6.07) is 7.95. The Hall–Kier alpha value is -1.55. The van der Waals surface area contributed by atoms with Gasteiger partial charge in [0.1, 0.15) is 5.75 Å². The van der Waals surface area contributed by atoms with E-state index < -0.39 is 0 Å². The van der Waals surface area contributed by atoms with Gasteiger partial charge in [0.05, 0.1) is 7.11 Å². The molecule has 1 amide bonds. The van der Waals surface area contributed by atoms with Crippen LogP contribution in [0.1, 0.15) is 18.9 Å². The van der Waals surface area contributed by atoms with E-state index in [9.17, 15) is 4.79 Å². The number of aryl methyl sites for hydroxylation is 1. The van der Waals surface area contributed by atoms with Gasteiger partial charge in [-0.05, 0) is 30.7 Å². The summed E-state index contributed by atoms with van der Waals surface area (Å²) in [5.74, 6) is 1.13. The molecule has 20 heavy (non-hydrogen) atoms. The Balaban J connectivity index is 1.77. The molecule has 1 aromatic carbocycles. The van der Waals surface area contributed by atoms with Crippen LogP contribution in [0.25, 0.3) is 0 Å². The SMILES string of the molecule is CCN1CCN(C(=O)CCc2ccc(OC)cc2)CC1. The van der Waals surface area contributed by atoms with E-state index in [4.69, 9.17) is 4.74 Å². The van der Waals surface area contributed by atoms with Crippen LogP contribution in [-0.2, 0) is 11.2 Å². The van der Waals surface area contributed by atoms with Gasteiger partial charge in [0.15, 0.2) is 0 Å². The van der Waals surface area contributed by atoms with Crippen LogP contribution in [0.5, 0.6) is 5.75 Å². The van der Waals surface area contributed by atoms with Gasteiger partial charge in [0.2, 0.25) is 5.91 Å². The van der Waals surface area contributed by atoms with E-state index in [-0.39, 0.29) is 5.91 Å². The van der Waals surface area contributed by atoms with Gasteiger partial charge in [-0.3, -0.25) is 4.79 Å². The van der Waals surface area contributed by atoms with Gasteiger partial charge in [-0.25, -0.2) is 0 Å². The average molecular weight is 276 g/mol. The number of rotatable bonds is 5. The molecule has 1 aliphatic rings. The van der Waals surface area contributed by atoms with Crippen molar-refractivity contribution in [2.75, 3.05) is 39.8 Å². The van der Waals surface area contributed by atoms with Gasteiger partial charge < -0.3 is 14.5 Å². The second-order valence-corrected chi connectivity index (χ2v) is 5.16. The Bertz CT molecular complexity index is 423. The molecule has 0 unspecified atom stereocenters. The zero-order valence-electron chi connectivity index (χ0n) is 12.5. The predicted octanol–water partition coefficient (Wildman–Crippen LogP) is 1.79. The minimum absolute atomic E-state index is 0.275. The molecule has 0 aromatic heterocycles. The number of nitrogens with zero attached hydrogens (tertiary/aromatic N) is 2. The van der Waals surface area contributed by atoms with Crippen molar-refractivity contribution in [1.82, 2.24) is 9.80 Å². The summed E-state index contributed by atoms with van der Waals surface area (Å²) in [5.41, 5.74) is 1.19. The maximum atomic E-state index is 12.2. The number of carbonyl (C=O) groups is 1. The smallest absolute Gasteiger partial charge is 0.222 e. The summed E-state index contributed by atoms with van der Waals surface area (Å²) in [6.45, 7) is 7.00. The monoisotopic (exact) mass is 276 g/mol. The number of carbonyl (C=O) groups excluding carboxylic acids is 1. The van der Waals surface area contributed by atoms with Crippen LogP contribution in [0.2, 0.25) is 0 Å². The van der Waals surface area contributed by atoms with E-state index in [2.05, 4.69) is 11.8 Å². The number of hydrogen-bond acceptors (Lipinski definition) is 3. The summed E-state index contributed by atoms with van der Waals surface area (Å²) in [7, 11) is 1.66. The van der Waals surface area contributed by atoms with Crippen LogP contribution in [0.4, 0.5) is 0 Å². The molecular weight excluding hydrogens is 252 g/mol. The molecule has 110 valence electrons. The summed E-state index contributed by atoms with van der Waals surface area (Å²) in [5, 5.41) is 0. The molecule has 4 nitrogen and oxygen atoms in total. The minimum Gasteiger partial charge on any atom is -0.497 e. The topological polar surface area (TPSA) is 32.8 Å². The Labute approximate surface area is 121 Å². The van der Waals surface area contributed by atoms with Gasteiger partial charge in [-0.15, -0.1) is 0 Å². The fourth-order valence-electron chi connectivity index (χ4n) is 2.52. The molecule has 1 heterocycles. The lowest BCUT2D eigenvalue weighted by molar-refractivity contribution is -0.132. The van der Waals surface area contributed by atoms with Gasteiger partial charge in [0, 0.05) is 32.6 Å². The highest BCUT2D eigenvalue weighted by Gasteiger charge is 2.19.